The number of allylic oxidation sites excluding steroid dienone is 4. The zero-order chi connectivity index (χ0) is 43.8. The highest BCUT2D eigenvalue weighted by atomic mass is 16.5. The van der Waals surface area contributed by atoms with Gasteiger partial charge in [-0.25, -0.2) is 0 Å². The Hall–Kier alpha value is -1.66. The van der Waals surface area contributed by atoms with Crippen molar-refractivity contribution in [1.29, 1.82) is 0 Å². The van der Waals surface area contributed by atoms with E-state index in [-0.39, 0.29) is 24.9 Å². The molecule has 3 N–H and O–H groups in total. The van der Waals surface area contributed by atoms with Crippen molar-refractivity contribution in [3.63, 3.8) is 0 Å². The van der Waals surface area contributed by atoms with Gasteiger partial charge in [0, 0.05) is 6.42 Å². The van der Waals surface area contributed by atoms with Gasteiger partial charge in [0.05, 0.1) is 25.2 Å². The molecule has 3 unspecified atom stereocenters. The molecule has 0 heterocycles. The first-order chi connectivity index (χ1) is 29.5. The van der Waals surface area contributed by atoms with E-state index in [0.717, 1.165) is 51.4 Å². The van der Waals surface area contributed by atoms with Gasteiger partial charge in [0.2, 0.25) is 5.91 Å². The summed E-state index contributed by atoms with van der Waals surface area (Å²) in [5.74, 6) is -0.478. The van der Waals surface area contributed by atoms with E-state index in [1.54, 1.807) is 0 Å². The third kappa shape index (κ3) is 43.0. The fourth-order valence-electron chi connectivity index (χ4n) is 8.25. The van der Waals surface area contributed by atoms with Crippen LogP contribution in [-0.2, 0) is 14.3 Å². The number of esters is 1. The molecule has 3 atom stereocenters. The predicted octanol–water partition coefficient (Wildman–Crippen LogP) is 15.9. The molecule has 0 spiro atoms. The lowest BCUT2D eigenvalue weighted by Gasteiger charge is -2.24. The summed E-state index contributed by atoms with van der Waals surface area (Å²) in [5.41, 5.74) is 0. The maximum absolute atomic E-state index is 13.2. The molecule has 0 bridgehead atoms. The van der Waals surface area contributed by atoms with Crippen LogP contribution in [0.1, 0.15) is 284 Å². The third-order valence-corrected chi connectivity index (χ3v) is 12.3. The van der Waals surface area contributed by atoms with Crippen molar-refractivity contribution in [1.82, 2.24) is 5.32 Å². The quantitative estimate of drug-likeness (QED) is 0.0322. The van der Waals surface area contributed by atoms with E-state index in [0.29, 0.717) is 19.3 Å². The van der Waals surface area contributed by atoms with Crippen LogP contribution in [0.25, 0.3) is 0 Å². The Labute approximate surface area is 373 Å². The molecule has 0 aromatic rings. The summed E-state index contributed by atoms with van der Waals surface area (Å²) < 4.78 is 5.93. The number of hydrogen-bond donors (Lipinski definition) is 3. The number of hydrogen-bond acceptors (Lipinski definition) is 5. The minimum Gasteiger partial charge on any atom is -0.462 e. The fraction of sp³-hybridized carbons (Fsp3) is 0.889. The molecule has 0 aliphatic rings. The monoisotopic (exact) mass is 846 g/mol. The summed E-state index contributed by atoms with van der Waals surface area (Å²) in [6.45, 7) is 6.49. The van der Waals surface area contributed by atoms with Gasteiger partial charge >= 0.3 is 5.97 Å². The van der Waals surface area contributed by atoms with E-state index < -0.39 is 18.2 Å². The predicted molar refractivity (Wildman–Crippen MR) is 260 cm³/mol. The SMILES string of the molecule is CCCCCCCCC/C=C/C=C/CCCCCCCC(=O)OC(CCCCCCCCCCCCC)CC(=O)NC(CO)C(O)CCCCCCCCCCCCCC. The fourth-order valence-corrected chi connectivity index (χ4v) is 8.25. The number of aliphatic hydroxyl groups excluding tert-OH is 2. The summed E-state index contributed by atoms with van der Waals surface area (Å²) in [7, 11) is 0. The van der Waals surface area contributed by atoms with Crippen LogP contribution < -0.4 is 5.32 Å². The molecule has 0 fully saturated rings. The molecule has 0 radical (unpaired) electrons. The Balaban J connectivity index is 4.51. The lowest BCUT2D eigenvalue weighted by atomic mass is 10.0. The molecular weight excluding hydrogens is 743 g/mol. The van der Waals surface area contributed by atoms with Gasteiger partial charge in [-0.15, -0.1) is 0 Å². The first kappa shape index (κ1) is 58.3. The number of carbonyl (C=O) groups excluding carboxylic acids is 2. The van der Waals surface area contributed by atoms with Crippen molar-refractivity contribution < 1.29 is 24.5 Å². The van der Waals surface area contributed by atoms with Gasteiger partial charge in [0.25, 0.3) is 0 Å². The molecule has 0 aromatic heterocycles. The van der Waals surface area contributed by atoms with Gasteiger partial charge in [-0.3, -0.25) is 9.59 Å². The molecule has 6 nitrogen and oxygen atoms in total. The molecule has 6 heteroatoms. The van der Waals surface area contributed by atoms with E-state index in [9.17, 15) is 19.8 Å². The number of ether oxygens (including phenoxy) is 1. The van der Waals surface area contributed by atoms with Gasteiger partial charge in [-0.1, -0.05) is 244 Å². The average molecular weight is 846 g/mol. The first-order valence-corrected chi connectivity index (χ1v) is 26.6. The second-order valence-corrected chi connectivity index (χ2v) is 18.3. The highest BCUT2D eigenvalue weighted by Gasteiger charge is 2.24. The third-order valence-electron chi connectivity index (χ3n) is 12.3. The first-order valence-electron chi connectivity index (χ1n) is 26.6. The Morgan fingerprint density at radius 3 is 1.23 bits per heavy atom. The van der Waals surface area contributed by atoms with E-state index in [1.807, 2.05) is 0 Å². The molecular formula is C54H103NO5. The van der Waals surface area contributed by atoms with Crippen LogP contribution in [0.5, 0.6) is 0 Å². The normalized spacial score (nSPS) is 13.3. The minimum atomic E-state index is -0.785. The Bertz CT molecular complexity index is 950. The van der Waals surface area contributed by atoms with Crippen LogP contribution in [0.4, 0.5) is 0 Å². The van der Waals surface area contributed by atoms with Crippen molar-refractivity contribution in [3.8, 4) is 0 Å². The van der Waals surface area contributed by atoms with Crippen LogP contribution in [-0.4, -0.2) is 46.9 Å². The van der Waals surface area contributed by atoms with E-state index >= 15 is 0 Å². The van der Waals surface area contributed by atoms with Crippen LogP contribution in [0, 0.1) is 0 Å². The molecule has 0 saturated carbocycles. The van der Waals surface area contributed by atoms with Crippen LogP contribution >= 0.6 is 0 Å². The van der Waals surface area contributed by atoms with E-state index in [1.165, 1.54) is 186 Å². The van der Waals surface area contributed by atoms with Crippen molar-refractivity contribution in [3.05, 3.63) is 24.3 Å². The number of aliphatic hydroxyl groups is 2. The Morgan fingerprint density at radius 1 is 0.483 bits per heavy atom. The lowest BCUT2D eigenvalue weighted by molar-refractivity contribution is -0.151. The topological polar surface area (TPSA) is 95.9 Å². The van der Waals surface area contributed by atoms with Gasteiger partial charge in [-0.2, -0.15) is 0 Å². The van der Waals surface area contributed by atoms with Crippen LogP contribution in [0.15, 0.2) is 24.3 Å². The smallest absolute Gasteiger partial charge is 0.306 e. The molecule has 0 saturated heterocycles. The van der Waals surface area contributed by atoms with Crippen molar-refractivity contribution in [2.24, 2.45) is 0 Å². The summed E-state index contributed by atoms with van der Waals surface area (Å²) in [4.78, 5) is 26.1. The van der Waals surface area contributed by atoms with Crippen LogP contribution in [0.3, 0.4) is 0 Å². The molecule has 1 amide bonds. The molecule has 0 aliphatic heterocycles. The van der Waals surface area contributed by atoms with Crippen LogP contribution in [0.2, 0.25) is 0 Å². The Kier molecular flexibility index (Phi) is 47.0. The summed E-state index contributed by atoms with van der Waals surface area (Å²) in [6, 6.07) is -0.699. The second kappa shape index (κ2) is 48.4. The largest absolute Gasteiger partial charge is 0.462 e. The van der Waals surface area contributed by atoms with Gasteiger partial charge in [-0.05, 0) is 51.4 Å². The van der Waals surface area contributed by atoms with Gasteiger partial charge in [0.15, 0.2) is 0 Å². The van der Waals surface area contributed by atoms with Crippen molar-refractivity contribution in [2.75, 3.05) is 6.61 Å². The zero-order valence-electron chi connectivity index (χ0n) is 40.4. The second-order valence-electron chi connectivity index (χ2n) is 18.3. The van der Waals surface area contributed by atoms with Crippen molar-refractivity contribution >= 4 is 11.9 Å². The molecule has 0 aliphatic carbocycles. The van der Waals surface area contributed by atoms with Gasteiger partial charge in [0.1, 0.15) is 6.10 Å². The lowest BCUT2D eigenvalue weighted by Crippen LogP contribution is -2.46. The average Bonchev–Trinajstić information content (AvgIpc) is 3.24. The highest BCUT2D eigenvalue weighted by Crippen LogP contribution is 2.18. The number of rotatable bonds is 48. The number of carbonyl (C=O) groups is 2. The number of amides is 1. The van der Waals surface area contributed by atoms with E-state index in [2.05, 4.69) is 50.4 Å². The van der Waals surface area contributed by atoms with Gasteiger partial charge < -0.3 is 20.3 Å². The maximum Gasteiger partial charge on any atom is 0.306 e. The number of nitrogens with one attached hydrogen (secondary N) is 1. The molecule has 0 aromatic carbocycles. The Morgan fingerprint density at radius 2 is 0.833 bits per heavy atom. The molecule has 60 heavy (non-hydrogen) atoms. The summed E-state index contributed by atoms with van der Waals surface area (Å²) in [5, 5.41) is 23.7. The zero-order valence-corrected chi connectivity index (χ0v) is 40.4. The summed E-state index contributed by atoms with van der Waals surface area (Å²) in [6.07, 6.45) is 55.2. The summed E-state index contributed by atoms with van der Waals surface area (Å²) >= 11 is 0. The highest BCUT2D eigenvalue weighted by molar-refractivity contribution is 5.77. The maximum atomic E-state index is 13.2. The minimum absolute atomic E-state index is 0.0765. The van der Waals surface area contributed by atoms with Crippen molar-refractivity contribution in [2.45, 2.75) is 302 Å². The molecule has 0 rings (SSSR count). The molecule has 354 valence electrons. The van der Waals surface area contributed by atoms with E-state index in [4.69, 9.17) is 4.74 Å². The number of unbranched alkanes of at least 4 members (excludes halogenated alkanes) is 33. The standard InChI is InChI=1S/C54H103NO5/c1-4-7-10-13-16-19-22-24-25-26-27-28-29-32-35-38-41-44-47-54(59)60-50(45-42-39-36-33-30-21-18-15-12-9-6-3)48-53(58)55-51(49-56)52(57)46-43-40-37-34-31-23-20-17-14-11-8-5-2/h25-28,50-52,56-57H,4-24,29-49H2,1-3H3,(H,55,58)/b26-25+,28-27+.